The third kappa shape index (κ3) is 7.50. The highest BCUT2D eigenvalue weighted by molar-refractivity contribution is 7.88. The lowest BCUT2D eigenvalue weighted by molar-refractivity contribution is -0.134. The molecule has 0 radical (unpaired) electrons. The lowest BCUT2D eigenvalue weighted by Crippen LogP contribution is -2.43. The summed E-state index contributed by atoms with van der Waals surface area (Å²) in [5, 5.41) is 2.42. The van der Waals surface area contributed by atoms with E-state index in [2.05, 4.69) is 20.0 Å². The van der Waals surface area contributed by atoms with Crippen LogP contribution in [-0.2, 0) is 26.0 Å². The third-order valence-corrected chi connectivity index (χ3v) is 6.65. The normalized spacial score (nSPS) is 17.5. The lowest BCUT2D eigenvalue weighted by Gasteiger charge is -2.29. The van der Waals surface area contributed by atoms with E-state index in [1.165, 1.54) is 31.4 Å². The van der Waals surface area contributed by atoms with Crippen molar-refractivity contribution in [2.75, 3.05) is 39.7 Å². The number of rotatable bonds is 11. The second-order valence-electron chi connectivity index (χ2n) is 9.01. The standard InChI is InChI=1S/C25H28F2N4O8S/c1-36-20-9-14(3-4-17(20)26)10-28-25(33)23-30-19-6-5-18(27)22(21(19)24(32)31-23)37-8-7-15-12-39-16(13-38-15)11-29-40(2,34)35/h3-6,9,15-16,29H,7-8,10-13H2,1-2H3,(H,28,33)(H,30,31,32). The number of sulfonamides is 1. The summed E-state index contributed by atoms with van der Waals surface area (Å²) in [5.74, 6) is -2.62. The number of methoxy groups -OCH3 is 1. The van der Waals surface area contributed by atoms with Crippen molar-refractivity contribution in [2.24, 2.45) is 0 Å². The molecule has 2 aromatic carbocycles. The molecule has 0 aliphatic carbocycles. The average Bonchev–Trinajstić information content (AvgIpc) is 2.92. The van der Waals surface area contributed by atoms with Crippen LogP contribution in [0.3, 0.4) is 0 Å². The van der Waals surface area contributed by atoms with Gasteiger partial charge in [0, 0.05) is 19.5 Å². The number of hydrogen-bond acceptors (Lipinski definition) is 9. The number of amides is 1. The van der Waals surface area contributed by atoms with Gasteiger partial charge in [0.05, 0.1) is 50.9 Å². The SMILES string of the molecule is COc1cc(CNC(=O)c2nc3ccc(F)c(OCCC4COC(CNS(C)(=O)=O)CO4)c3c(=O)[nH]2)ccc1F. The maximum absolute atomic E-state index is 14.6. The zero-order valence-electron chi connectivity index (χ0n) is 21.7. The predicted octanol–water partition coefficient (Wildman–Crippen LogP) is 1.24. The number of carbonyl (C=O) groups is 1. The summed E-state index contributed by atoms with van der Waals surface area (Å²) in [6.45, 7) is 0.428. The first-order chi connectivity index (χ1) is 19.0. The maximum Gasteiger partial charge on any atom is 0.287 e. The van der Waals surface area contributed by atoms with Gasteiger partial charge in [0.1, 0.15) is 5.39 Å². The number of carbonyl (C=O) groups excluding carboxylic acids is 1. The van der Waals surface area contributed by atoms with E-state index in [1.54, 1.807) is 0 Å². The Hall–Kier alpha value is -3.66. The third-order valence-electron chi connectivity index (χ3n) is 5.96. The van der Waals surface area contributed by atoms with Crippen LogP contribution in [-0.4, -0.2) is 76.2 Å². The zero-order valence-corrected chi connectivity index (χ0v) is 22.5. The molecule has 1 amide bonds. The Morgan fingerprint density at radius 2 is 1.88 bits per heavy atom. The Labute approximate surface area is 228 Å². The van der Waals surface area contributed by atoms with E-state index < -0.39 is 39.2 Å². The number of benzene rings is 2. The monoisotopic (exact) mass is 582 g/mol. The maximum atomic E-state index is 14.6. The number of H-pyrrole nitrogens is 1. The minimum Gasteiger partial charge on any atom is -0.494 e. The van der Waals surface area contributed by atoms with Crippen LogP contribution < -0.4 is 25.1 Å². The Kier molecular flexibility index (Phi) is 9.29. The van der Waals surface area contributed by atoms with Crippen LogP contribution in [0.1, 0.15) is 22.6 Å². The second kappa shape index (κ2) is 12.7. The molecular formula is C25H28F2N4O8S. The summed E-state index contributed by atoms with van der Waals surface area (Å²) in [4.78, 5) is 32.0. The molecule has 40 heavy (non-hydrogen) atoms. The van der Waals surface area contributed by atoms with Crippen molar-refractivity contribution >= 4 is 26.8 Å². The molecule has 0 spiro atoms. The molecule has 2 heterocycles. The molecule has 3 N–H and O–H groups in total. The lowest BCUT2D eigenvalue weighted by atomic mass is 10.2. The van der Waals surface area contributed by atoms with Crippen LogP contribution in [0.2, 0.25) is 0 Å². The molecular weight excluding hydrogens is 554 g/mol. The Bertz CT molecular complexity index is 1540. The van der Waals surface area contributed by atoms with E-state index in [-0.39, 0.29) is 67.2 Å². The molecule has 1 aromatic heterocycles. The number of ether oxygens (including phenoxy) is 4. The Morgan fingerprint density at radius 1 is 1.15 bits per heavy atom. The van der Waals surface area contributed by atoms with Crippen LogP contribution in [0, 0.1) is 11.6 Å². The van der Waals surface area contributed by atoms with E-state index in [0.717, 1.165) is 12.3 Å². The molecule has 0 bridgehead atoms. The minimum absolute atomic E-state index is 0.0108. The van der Waals surface area contributed by atoms with Gasteiger partial charge in [-0.3, -0.25) is 9.59 Å². The molecule has 1 saturated heterocycles. The smallest absolute Gasteiger partial charge is 0.287 e. The molecule has 2 atom stereocenters. The summed E-state index contributed by atoms with van der Waals surface area (Å²) < 4.78 is 74.8. The van der Waals surface area contributed by atoms with Crippen molar-refractivity contribution in [3.63, 3.8) is 0 Å². The Balaban J connectivity index is 1.37. The number of aromatic nitrogens is 2. The number of hydrogen-bond donors (Lipinski definition) is 3. The second-order valence-corrected chi connectivity index (χ2v) is 10.8. The fourth-order valence-electron chi connectivity index (χ4n) is 3.91. The summed E-state index contributed by atoms with van der Waals surface area (Å²) in [6.07, 6.45) is 0.549. The quantitative estimate of drug-likeness (QED) is 0.303. The molecule has 1 aliphatic heterocycles. The van der Waals surface area contributed by atoms with E-state index in [1.807, 2.05) is 0 Å². The molecule has 1 fully saturated rings. The molecule has 216 valence electrons. The van der Waals surface area contributed by atoms with Gasteiger partial charge in [-0.15, -0.1) is 0 Å². The van der Waals surface area contributed by atoms with Crippen molar-refractivity contribution in [3.8, 4) is 11.5 Å². The summed E-state index contributed by atoms with van der Waals surface area (Å²) in [6, 6.07) is 6.45. The van der Waals surface area contributed by atoms with Gasteiger partial charge in [0.25, 0.3) is 11.5 Å². The van der Waals surface area contributed by atoms with E-state index in [0.29, 0.717) is 12.0 Å². The van der Waals surface area contributed by atoms with Gasteiger partial charge in [-0.1, -0.05) is 6.07 Å². The molecule has 0 saturated carbocycles. The summed E-state index contributed by atoms with van der Waals surface area (Å²) in [5.41, 5.74) is -0.167. The van der Waals surface area contributed by atoms with Crippen molar-refractivity contribution in [3.05, 3.63) is 63.7 Å². The number of nitrogens with zero attached hydrogens (tertiary/aromatic N) is 1. The molecule has 2 unspecified atom stereocenters. The largest absolute Gasteiger partial charge is 0.494 e. The molecule has 12 nitrogen and oxygen atoms in total. The highest BCUT2D eigenvalue weighted by atomic mass is 32.2. The molecule has 4 rings (SSSR count). The molecule has 15 heteroatoms. The number of fused-ring (bicyclic) bond motifs is 1. The van der Waals surface area contributed by atoms with Gasteiger partial charge in [-0.25, -0.2) is 26.9 Å². The number of aromatic amines is 1. The highest BCUT2D eigenvalue weighted by Crippen LogP contribution is 2.26. The van der Waals surface area contributed by atoms with Gasteiger partial charge < -0.3 is 29.2 Å². The van der Waals surface area contributed by atoms with Gasteiger partial charge in [0.15, 0.2) is 29.0 Å². The first-order valence-corrected chi connectivity index (χ1v) is 14.1. The molecule has 1 aliphatic rings. The minimum atomic E-state index is -3.35. The number of nitrogens with one attached hydrogen (secondary N) is 3. The van der Waals surface area contributed by atoms with E-state index in [4.69, 9.17) is 18.9 Å². The summed E-state index contributed by atoms with van der Waals surface area (Å²) in [7, 11) is -2.02. The van der Waals surface area contributed by atoms with Gasteiger partial charge in [-0.2, -0.15) is 0 Å². The van der Waals surface area contributed by atoms with Crippen LogP contribution in [0.25, 0.3) is 10.9 Å². The highest BCUT2D eigenvalue weighted by Gasteiger charge is 2.24. The van der Waals surface area contributed by atoms with Crippen molar-refractivity contribution in [1.29, 1.82) is 0 Å². The van der Waals surface area contributed by atoms with Crippen LogP contribution in [0.4, 0.5) is 8.78 Å². The summed E-state index contributed by atoms with van der Waals surface area (Å²) >= 11 is 0. The van der Waals surface area contributed by atoms with Crippen molar-refractivity contribution in [1.82, 2.24) is 20.0 Å². The van der Waals surface area contributed by atoms with Crippen molar-refractivity contribution in [2.45, 2.75) is 25.2 Å². The van der Waals surface area contributed by atoms with Crippen LogP contribution in [0.15, 0.2) is 35.1 Å². The number of halogens is 2. The van der Waals surface area contributed by atoms with Gasteiger partial charge in [0.2, 0.25) is 10.0 Å². The van der Waals surface area contributed by atoms with Crippen LogP contribution >= 0.6 is 0 Å². The predicted molar refractivity (Wildman–Crippen MR) is 139 cm³/mol. The first kappa shape index (κ1) is 29.3. The van der Waals surface area contributed by atoms with E-state index in [9.17, 15) is 26.8 Å². The van der Waals surface area contributed by atoms with Gasteiger partial charge in [-0.05, 0) is 29.8 Å². The van der Waals surface area contributed by atoms with Gasteiger partial charge >= 0.3 is 0 Å². The average molecular weight is 583 g/mol. The fraction of sp³-hybridized carbons (Fsp3) is 0.400. The first-order valence-electron chi connectivity index (χ1n) is 12.2. The zero-order chi connectivity index (χ0) is 28.9. The van der Waals surface area contributed by atoms with Crippen LogP contribution in [0.5, 0.6) is 11.5 Å². The Morgan fingerprint density at radius 3 is 2.58 bits per heavy atom. The molecule has 3 aromatic rings. The fourth-order valence-corrected chi connectivity index (χ4v) is 4.40. The van der Waals surface area contributed by atoms with E-state index >= 15 is 0 Å². The van der Waals surface area contributed by atoms with Crippen molar-refractivity contribution < 1.29 is 40.9 Å². The topological polar surface area (TPSA) is 158 Å².